The van der Waals surface area contributed by atoms with Crippen LogP contribution in [-0.2, 0) is 10.5 Å². The molecule has 2 aromatic heterocycles. The van der Waals surface area contributed by atoms with E-state index in [1.165, 1.54) is 11.8 Å². The molecule has 0 spiro atoms. The monoisotopic (exact) mass is 407 g/mol. The summed E-state index contributed by atoms with van der Waals surface area (Å²) in [5, 5.41) is 9.62. The number of hydrogen-bond donors (Lipinski definition) is 1. The van der Waals surface area contributed by atoms with Crippen molar-refractivity contribution in [3.8, 4) is 11.3 Å². The van der Waals surface area contributed by atoms with Gasteiger partial charge in [0.25, 0.3) is 0 Å². The fourth-order valence-corrected chi connectivity index (χ4v) is 4.34. The lowest BCUT2D eigenvalue weighted by Crippen LogP contribution is -2.19. The molecule has 8 heteroatoms. The lowest BCUT2D eigenvalue weighted by molar-refractivity contribution is -0.118. The van der Waals surface area contributed by atoms with Gasteiger partial charge in [0.2, 0.25) is 5.91 Å². The van der Waals surface area contributed by atoms with E-state index in [2.05, 4.69) is 15.5 Å². The van der Waals surface area contributed by atoms with Crippen molar-refractivity contribution in [1.82, 2.24) is 10.4 Å². The fourth-order valence-electron chi connectivity index (χ4n) is 1.93. The Labute approximate surface area is 163 Å². The zero-order valence-electron chi connectivity index (χ0n) is 13.0. The molecular formula is C17H14ClN3OS3. The van der Waals surface area contributed by atoms with E-state index in [1.807, 2.05) is 47.2 Å². The van der Waals surface area contributed by atoms with E-state index < -0.39 is 0 Å². The third-order valence-corrected chi connectivity index (χ3v) is 6.11. The van der Waals surface area contributed by atoms with E-state index in [0.29, 0.717) is 16.5 Å². The first-order valence-electron chi connectivity index (χ1n) is 7.34. The average molecular weight is 408 g/mol. The molecule has 2 heterocycles. The summed E-state index contributed by atoms with van der Waals surface area (Å²) in [6.07, 6.45) is 1.65. The van der Waals surface area contributed by atoms with Gasteiger partial charge in [-0.05, 0) is 23.6 Å². The second-order valence-electron chi connectivity index (χ2n) is 4.93. The number of rotatable bonds is 7. The van der Waals surface area contributed by atoms with Crippen molar-refractivity contribution in [1.29, 1.82) is 0 Å². The minimum atomic E-state index is -0.118. The maximum absolute atomic E-state index is 11.7. The van der Waals surface area contributed by atoms with Crippen molar-refractivity contribution in [2.45, 2.75) is 5.75 Å². The van der Waals surface area contributed by atoms with Crippen LogP contribution in [0.1, 0.15) is 9.88 Å². The van der Waals surface area contributed by atoms with E-state index >= 15 is 0 Å². The standard InChI is InChI=1S/C17H14ClN3OS3/c18-13-5-3-12(4-6-13)15-9-25-17(20-15)11-23-10-16(22)21-19-8-14-2-1-7-24-14/h1-9H,10-11H2,(H,21,22). The van der Waals surface area contributed by atoms with Crippen LogP contribution in [0.5, 0.6) is 0 Å². The quantitative estimate of drug-likeness (QED) is 0.447. The predicted octanol–water partition coefficient (Wildman–Crippen LogP) is 4.91. The van der Waals surface area contributed by atoms with Crippen LogP contribution in [0.4, 0.5) is 0 Å². The van der Waals surface area contributed by atoms with E-state index in [4.69, 9.17) is 11.6 Å². The highest BCUT2D eigenvalue weighted by molar-refractivity contribution is 7.99. The first kappa shape index (κ1) is 18.1. The molecule has 0 unspecified atom stereocenters. The Hall–Kier alpha value is -1.67. The lowest BCUT2D eigenvalue weighted by atomic mass is 10.2. The van der Waals surface area contributed by atoms with Gasteiger partial charge in [-0.25, -0.2) is 10.4 Å². The second-order valence-corrected chi connectivity index (χ2v) is 8.28. The zero-order valence-corrected chi connectivity index (χ0v) is 16.2. The molecule has 0 saturated heterocycles. The highest BCUT2D eigenvalue weighted by Crippen LogP contribution is 2.25. The Bertz CT molecular complexity index is 844. The maximum atomic E-state index is 11.7. The third-order valence-electron chi connectivity index (χ3n) is 3.07. The number of hydrogen-bond acceptors (Lipinski definition) is 6. The molecule has 1 amide bonds. The van der Waals surface area contributed by atoms with Crippen LogP contribution in [0.25, 0.3) is 11.3 Å². The number of thiophene rings is 1. The summed E-state index contributed by atoms with van der Waals surface area (Å²) in [6.45, 7) is 0. The maximum Gasteiger partial charge on any atom is 0.250 e. The number of carbonyl (C=O) groups is 1. The summed E-state index contributed by atoms with van der Waals surface area (Å²) in [7, 11) is 0. The number of thioether (sulfide) groups is 1. The van der Waals surface area contributed by atoms with Crippen molar-refractivity contribution < 1.29 is 4.79 Å². The molecule has 0 saturated carbocycles. The second kappa shape index (κ2) is 9.15. The van der Waals surface area contributed by atoms with Crippen molar-refractivity contribution >= 4 is 58.2 Å². The van der Waals surface area contributed by atoms with Gasteiger partial charge in [0.05, 0.1) is 17.7 Å². The van der Waals surface area contributed by atoms with Crippen molar-refractivity contribution in [3.05, 3.63) is 62.1 Å². The van der Waals surface area contributed by atoms with Crippen molar-refractivity contribution in [2.75, 3.05) is 5.75 Å². The van der Waals surface area contributed by atoms with Gasteiger partial charge in [-0.15, -0.1) is 34.4 Å². The first-order valence-corrected chi connectivity index (χ1v) is 10.6. The number of nitrogens with one attached hydrogen (secondary N) is 1. The smallest absolute Gasteiger partial charge is 0.250 e. The SMILES string of the molecule is O=C(CSCc1nc(-c2ccc(Cl)cc2)cs1)NN=Cc1cccs1. The number of carbonyl (C=O) groups excluding carboxylic acids is 1. The number of thiazole rings is 1. The van der Waals surface area contributed by atoms with Crippen LogP contribution < -0.4 is 5.43 Å². The summed E-state index contributed by atoms with van der Waals surface area (Å²) in [5.41, 5.74) is 4.50. The molecule has 25 heavy (non-hydrogen) atoms. The topological polar surface area (TPSA) is 54.4 Å². The van der Waals surface area contributed by atoms with Gasteiger partial charge in [0.15, 0.2) is 0 Å². The Morgan fingerprint density at radius 2 is 2.12 bits per heavy atom. The minimum absolute atomic E-state index is 0.118. The van der Waals surface area contributed by atoms with Crippen molar-refractivity contribution in [2.24, 2.45) is 5.10 Å². The minimum Gasteiger partial charge on any atom is -0.272 e. The summed E-state index contributed by atoms with van der Waals surface area (Å²) in [5.74, 6) is 0.921. The average Bonchev–Trinajstić information content (AvgIpc) is 3.28. The van der Waals surface area contributed by atoms with Gasteiger partial charge >= 0.3 is 0 Å². The molecule has 0 bridgehead atoms. The molecule has 0 radical (unpaired) electrons. The van der Waals surface area contributed by atoms with Crippen LogP contribution in [0, 0.1) is 0 Å². The summed E-state index contributed by atoms with van der Waals surface area (Å²) >= 11 is 10.6. The van der Waals surface area contributed by atoms with E-state index in [-0.39, 0.29) is 5.91 Å². The normalized spacial score (nSPS) is 11.1. The van der Waals surface area contributed by atoms with E-state index in [0.717, 1.165) is 21.1 Å². The van der Waals surface area contributed by atoms with Crippen molar-refractivity contribution in [3.63, 3.8) is 0 Å². The molecule has 0 atom stereocenters. The molecule has 0 fully saturated rings. The molecule has 1 aromatic carbocycles. The van der Waals surface area contributed by atoms with Crippen LogP contribution in [0.15, 0.2) is 52.3 Å². The van der Waals surface area contributed by atoms with Crippen LogP contribution >= 0.6 is 46.0 Å². The molecule has 1 N–H and O–H groups in total. The van der Waals surface area contributed by atoms with Crippen LogP contribution in [0.2, 0.25) is 5.02 Å². The van der Waals surface area contributed by atoms with E-state index in [1.54, 1.807) is 28.9 Å². The lowest BCUT2D eigenvalue weighted by Gasteiger charge is -1.99. The first-order chi connectivity index (χ1) is 12.2. The molecular weight excluding hydrogens is 394 g/mol. The molecule has 0 aliphatic carbocycles. The Morgan fingerprint density at radius 3 is 2.88 bits per heavy atom. The van der Waals surface area contributed by atoms with Gasteiger partial charge < -0.3 is 0 Å². The van der Waals surface area contributed by atoms with E-state index in [9.17, 15) is 4.79 Å². The number of amides is 1. The molecule has 3 aromatic rings. The summed E-state index contributed by atoms with van der Waals surface area (Å²) < 4.78 is 0. The number of benzene rings is 1. The third kappa shape index (κ3) is 5.67. The van der Waals surface area contributed by atoms with Gasteiger partial charge in [-0.2, -0.15) is 5.10 Å². The summed E-state index contributed by atoms with van der Waals surface area (Å²) in [4.78, 5) is 17.4. The summed E-state index contributed by atoms with van der Waals surface area (Å²) in [6, 6.07) is 11.5. The molecule has 128 valence electrons. The Balaban J connectivity index is 1.43. The van der Waals surface area contributed by atoms with Crippen LogP contribution in [-0.4, -0.2) is 22.9 Å². The molecule has 0 aliphatic heterocycles. The largest absolute Gasteiger partial charge is 0.272 e. The fraction of sp³-hybridized carbons (Fsp3) is 0.118. The highest BCUT2D eigenvalue weighted by Gasteiger charge is 2.06. The van der Waals surface area contributed by atoms with Gasteiger partial charge in [0, 0.05) is 26.6 Å². The number of hydrazone groups is 1. The highest BCUT2D eigenvalue weighted by atomic mass is 35.5. The van der Waals surface area contributed by atoms with Crippen LogP contribution in [0.3, 0.4) is 0 Å². The van der Waals surface area contributed by atoms with Gasteiger partial charge in [-0.1, -0.05) is 29.8 Å². The molecule has 4 nitrogen and oxygen atoms in total. The predicted molar refractivity (Wildman–Crippen MR) is 109 cm³/mol. The number of aromatic nitrogens is 1. The Kier molecular flexibility index (Phi) is 6.63. The van der Waals surface area contributed by atoms with Gasteiger partial charge in [0.1, 0.15) is 5.01 Å². The molecule has 0 aliphatic rings. The number of halogens is 1. The Morgan fingerprint density at radius 1 is 1.28 bits per heavy atom. The number of nitrogens with zero attached hydrogens (tertiary/aromatic N) is 2. The molecule has 3 rings (SSSR count). The van der Waals surface area contributed by atoms with Gasteiger partial charge in [-0.3, -0.25) is 4.79 Å². The zero-order chi connectivity index (χ0) is 17.5.